The number of carbonyl (C=O) groups is 4. The van der Waals surface area contributed by atoms with Crippen molar-refractivity contribution in [2.45, 2.75) is 37.9 Å². The molecule has 0 aromatic heterocycles. The number of likely N-dealkylation sites (tertiary alicyclic amines) is 2. The maximum absolute atomic E-state index is 13.9. The molecule has 2 heterocycles. The first-order chi connectivity index (χ1) is 18.3. The van der Waals surface area contributed by atoms with Crippen LogP contribution in [0.25, 0.3) is 0 Å². The molecule has 194 valence electrons. The lowest BCUT2D eigenvalue weighted by atomic mass is 10.0. The van der Waals surface area contributed by atoms with Crippen LogP contribution < -0.4 is 5.32 Å². The van der Waals surface area contributed by atoms with Gasteiger partial charge < -0.3 is 15.1 Å². The highest BCUT2D eigenvalue weighted by atomic mass is 79.9. The van der Waals surface area contributed by atoms with Crippen LogP contribution in [0.4, 0.5) is 0 Å². The van der Waals surface area contributed by atoms with Crippen LogP contribution >= 0.6 is 15.9 Å². The van der Waals surface area contributed by atoms with Crippen LogP contribution in [-0.4, -0.2) is 64.5 Å². The molecule has 0 spiro atoms. The van der Waals surface area contributed by atoms with E-state index in [1.54, 1.807) is 52.3 Å². The Morgan fingerprint density at radius 3 is 2.42 bits per heavy atom. The van der Waals surface area contributed by atoms with Crippen LogP contribution in [0.15, 0.2) is 83.3 Å². The fourth-order valence-corrected chi connectivity index (χ4v) is 5.83. The van der Waals surface area contributed by atoms with Crippen LogP contribution in [-0.2, 0) is 16.0 Å². The average Bonchev–Trinajstić information content (AvgIpc) is 3.49. The number of nitrogens with zero attached hydrogens (tertiary/aromatic N) is 2. The molecule has 3 amide bonds. The van der Waals surface area contributed by atoms with Gasteiger partial charge in [0.25, 0.3) is 11.8 Å². The number of fused-ring (bicyclic) bond motifs is 1. The summed E-state index contributed by atoms with van der Waals surface area (Å²) in [5, 5.41) is 2.92. The first kappa shape index (κ1) is 25.9. The van der Waals surface area contributed by atoms with Crippen LogP contribution in [0.3, 0.4) is 0 Å². The Bertz CT molecular complexity index is 1390. The van der Waals surface area contributed by atoms with Gasteiger partial charge in [-0.15, -0.1) is 0 Å². The molecule has 8 heteroatoms. The van der Waals surface area contributed by atoms with Crippen molar-refractivity contribution < 1.29 is 19.2 Å². The molecule has 0 aliphatic carbocycles. The van der Waals surface area contributed by atoms with Crippen molar-refractivity contribution in [3.63, 3.8) is 0 Å². The molecule has 1 N–H and O–H groups in total. The highest BCUT2D eigenvalue weighted by molar-refractivity contribution is 9.10. The van der Waals surface area contributed by atoms with Crippen molar-refractivity contribution in [3.05, 3.63) is 106 Å². The maximum Gasteiger partial charge on any atom is 0.254 e. The van der Waals surface area contributed by atoms with Gasteiger partial charge in [-0.25, -0.2) is 0 Å². The van der Waals surface area contributed by atoms with Crippen LogP contribution in [0.1, 0.15) is 38.3 Å². The minimum atomic E-state index is -0.867. The first-order valence-electron chi connectivity index (χ1n) is 12.6. The number of halogens is 1. The van der Waals surface area contributed by atoms with Gasteiger partial charge in [0.15, 0.2) is 5.78 Å². The largest absolute Gasteiger partial charge is 0.340 e. The summed E-state index contributed by atoms with van der Waals surface area (Å²) in [6, 6.07) is 21.7. The molecule has 3 aromatic rings. The topological polar surface area (TPSA) is 86.8 Å². The minimum absolute atomic E-state index is 0.0280. The third-order valence-corrected chi connectivity index (χ3v) is 7.69. The summed E-state index contributed by atoms with van der Waals surface area (Å²) in [4.78, 5) is 56.6. The highest BCUT2D eigenvalue weighted by Gasteiger charge is 2.52. The van der Waals surface area contributed by atoms with Crippen molar-refractivity contribution in [2.75, 3.05) is 13.1 Å². The van der Waals surface area contributed by atoms with Crippen LogP contribution in [0.2, 0.25) is 0 Å². The van der Waals surface area contributed by atoms with E-state index in [9.17, 15) is 19.2 Å². The normalized spacial score (nSPS) is 19.3. The van der Waals surface area contributed by atoms with Crippen molar-refractivity contribution in [1.29, 1.82) is 0 Å². The smallest absolute Gasteiger partial charge is 0.254 e. The predicted molar refractivity (Wildman–Crippen MR) is 147 cm³/mol. The summed E-state index contributed by atoms with van der Waals surface area (Å²) >= 11 is 3.39. The second kappa shape index (κ2) is 10.9. The molecule has 0 bridgehead atoms. The van der Waals surface area contributed by atoms with E-state index in [1.165, 1.54) is 0 Å². The van der Waals surface area contributed by atoms with Gasteiger partial charge in [0, 0.05) is 28.6 Å². The first-order valence-corrected chi connectivity index (χ1v) is 13.4. The summed E-state index contributed by atoms with van der Waals surface area (Å²) in [7, 11) is 0. The lowest BCUT2D eigenvalue weighted by Gasteiger charge is -2.28. The van der Waals surface area contributed by atoms with Crippen molar-refractivity contribution >= 4 is 39.4 Å². The monoisotopic (exact) mass is 573 g/mol. The van der Waals surface area contributed by atoms with E-state index in [1.807, 2.05) is 43.3 Å². The van der Waals surface area contributed by atoms with E-state index < -0.39 is 12.1 Å². The zero-order valence-electron chi connectivity index (χ0n) is 21.0. The highest BCUT2D eigenvalue weighted by Crippen LogP contribution is 2.31. The molecule has 38 heavy (non-hydrogen) atoms. The fraction of sp³-hybridized carbons (Fsp3) is 0.267. The Morgan fingerprint density at radius 1 is 0.947 bits per heavy atom. The number of carbonyl (C=O) groups excluding carboxylic acids is 4. The molecule has 0 unspecified atom stereocenters. The number of hydrogen-bond acceptors (Lipinski definition) is 4. The molecule has 0 radical (unpaired) electrons. The van der Waals surface area contributed by atoms with Gasteiger partial charge in [-0.3, -0.25) is 19.2 Å². The third-order valence-electron chi connectivity index (χ3n) is 7.20. The second-order valence-corrected chi connectivity index (χ2v) is 10.7. The summed E-state index contributed by atoms with van der Waals surface area (Å²) in [5.74, 6) is -1.05. The third kappa shape index (κ3) is 5.27. The predicted octanol–water partition coefficient (Wildman–Crippen LogP) is 3.79. The van der Waals surface area contributed by atoms with E-state index in [0.717, 1.165) is 15.6 Å². The minimum Gasteiger partial charge on any atom is -0.340 e. The standard InChI is InChI=1S/C30H28BrN3O4/c1-19-7-5-8-20(15-19)16-24(32-28(36)22-11-6-12-23(31)17-22)30(38)33-14-13-25-27(33)26(35)18-34(25)29(37)21-9-3-2-4-10-21/h2-12,15,17,24-25,27H,13-14,16,18H2,1H3,(H,32,36)/t24-,25+,27-/m0/s1. The summed E-state index contributed by atoms with van der Waals surface area (Å²) in [6.45, 7) is 2.29. The number of aryl methyl sites for hydroxylation is 1. The number of ketones is 1. The fourth-order valence-electron chi connectivity index (χ4n) is 5.43. The summed E-state index contributed by atoms with van der Waals surface area (Å²) in [5.41, 5.74) is 2.91. The summed E-state index contributed by atoms with van der Waals surface area (Å²) < 4.78 is 0.758. The Balaban J connectivity index is 1.39. The zero-order valence-corrected chi connectivity index (χ0v) is 22.6. The molecule has 3 aromatic carbocycles. The number of Topliss-reactive ketones (excluding diaryl/α,β-unsaturated/α-hetero) is 1. The van der Waals surface area contributed by atoms with E-state index in [-0.39, 0.29) is 42.5 Å². The van der Waals surface area contributed by atoms with Gasteiger partial charge in [0.05, 0.1) is 12.6 Å². The van der Waals surface area contributed by atoms with Crippen molar-refractivity contribution in [2.24, 2.45) is 0 Å². The van der Waals surface area contributed by atoms with Gasteiger partial charge in [0.2, 0.25) is 5.91 Å². The van der Waals surface area contributed by atoms with E-state index in [2.05, 4.69) is 21.2 Å². The van der Waals surface area contributed by atoms with E-state index in [0.29, 0.717) is 24.1 Å². The number of benzene rings is 3. The molecule has 3 atom stereocenters. The Morgan fingerprint density at radius 2 is 1.68 bits per heavy atom. The molecule has 2 aliphatic heterocycles. The lowest BCUT2D eigenvalue weighted by Crippen LogP contribution is -2.53. The molecular weight excluding hydrogens is 546 g/mol. The molecule has 0 saturated carbocycles. The molecule has 7 nitrogen and oxygen atoms in total. The molecule has 5 rings (SSSR count). The van der Waals surface area contributed by atoms with Gasteiger partial charge in [-0.05, 0) is 49.2 Å². The van der Waals surface area contributed by atoms with Gasteiger partial charge in [-0.2, -0.15) is 0 Å². The number of nitrogens with one attached hydrogen (secondary N) is 1. The Hall–Kier alpha value is -3.78. The van der Waals surface area contributed by atoms with Gasteiger partial charge >= 0.3 is 0 Å². The quantitative estimate of drug-likeness (QED) is 0.486. The lowest BCUT2D eigenvalue weighted by molar-refractivity contribution is -0.138. The summed E-state index contributed by atoms with van der Waals surface area (Å²) in [6.07, 6.45) is 0.798. The van der Waals surface area contributed by atoms with Crippen LogP contribution in [0, 0.1) is 6.92 Å². The van der Waals surface area contributed by atoms with Crippen LogP contribution in [0.5, 0.6) is 0 Å². The van der Waals surface area contributed by atoms with Gasteiger partial charge in [0.1, 0.15) is 12.1 Å². The van der Waals surface area contributed by atoms with Gasteiger partial charge in [-0.1, -0.05) is 70.0 Å². The molecular formula is C30H28BrN3O4. The maximum atomic E-state index is 13.9. The van der Waals surface area contributed by atoms with E-state index in [4.69, 9.17) is 0 Å². The second-order valence-electron chi connectivity index (χ2n) is 9.83. The Kier molecular flexibility index (Phi) is 7.42. The van der Waals surface area contributed by atoms with Crippen molar-refractivity contribution in [1.82, 2.24) is 15.1 Å². The van der Waals surface area contributed by atoms with Crippen molar-refractivity contribution in [3.8, 4) is 0 Å². The average molecular weight is 574 g/mol. The zero-order chi connectivity index (χ0) is 26.8. The number of amides is 3. The molecule has 2 fully saturated rings. The number of rotatable bonds is 6. The number of hydrogen-bond donors (Lipinski definition) is 1. The Labute approximate surface area is 229 Å². The molecule has 2 saturated heterocycles. The molecule has 2 aliphatic rings. The van der Waals surface area contributed by atoms with E-state index >= 15 is 0 Å². The SMILES string of the molecule is Cc1cccc(C[C@H](NC(=O)c2cccc(Br)c2)C(=O)N2CC[C@@H]3[C@H]2C(=O)CN3C(=O)c2ccccc2)c1.